The van der Waals surface area contributed by atoms with E-state index in [1.165, 1.54) is 31.4 Å². The van der Waals surface area contributed by atoms with Crippen molar-refractivity contribution in [3.8, 4) is 0 Å². The topological polar surface area (TPSA) is 51.9 Å². The lowest BCUT2D eigenvalue weighted by atomic mass is 10.1. The summed E-state index contributed by atoms with van der Waals surface area (Å²) in [7, 11) is 0. The highest BCUT2D eigenvalue weighted by atomic mass is 19.4. The minimum absolute atomic E-state index is 0.380. The van der Waals surface area contributed by atoms with Gasteiger partial charge in [0.2, 0.25) is 0 Å². The predicted molar refractivity (Wildman–Crippen MR) is 102 cm³/mol. The Bertz CT molecular complexity index is 755. The predicted octanol–water partition coefficient (Wildman–Crippen LogP) is 4.13. The molecule has 0 bridgehead atoms. The minimum atomic E-state index is -4.37. The number of alkyl halides is 3. The van der Waals surface area contributed by atoms with Gasteiger partial charge in [-0.15, -0.1) is 0 Å². The zero-order valence-electron chi connectivity index (χ0n) is 16.1. The lowest BCUT2D eigenvalue weighted by molar-refractivity contribution is -0.296. The number of rotatable bonds is 9. The summed E-state index contributed by atoms with van der Waals surface area (Å²) in [4.78, 5) is 16.5. The van der Waals surface area contributed by atoms with Crippen molar-refractivity contribution in [3.05, 3.63) is 54.1 Å². The van der Waals surface area contributed by atoms with Crippen molar-refractivity contribution in [1.82, 2.24) is 14.5 Å². The van der Waals surface area contributed by atoms with E-state index >= 15 is 0 Å². The fourth-order valence-electron chi connectivity index (χ4n) is 3.21. The Morgan fingerprint density at radius 2 is 1.83 bits per heavy atom. The number of piperidine rings is 1. The van der Waals surface area contributed by atoms with Crippen molar-refractivity contribution in [2.75, 3.05) is 26.2 Å². The van der Waals surface area contributed by atoms with Crippen molar-refractivity contribution < 1.29 is 23.0 Å². The molecule has 0 saturated carbocycles. The Balaban J connectivity index is 1.58. The van der Waals surface area contributed by atoms with Gasteiger partial charge in [0.1, 0.15) is 6.61 Å². The highest BCUT2D eigenvalue weighted by Crippen LogP contribution is 2.29. The molecular formula is C20H25F3N4O2. The van der Waals surface area contributed by atoms with Crippen LogP contribution in [0.25, 0.3) is 0 Å². The molecule has 1 aromatic carbocycles. The summed E-state index contributed by atoms with van der Waals surface area (Å²) in [6.07, 6.45) is 4.88. The molecule has 9 heteroatoms. The van der Waals surface area contributed by atoms with Crippen LogP contribution in [-0.2, 0) is 22.6 Å². The van der Waals surface area contributed by atoms with Crippen LogP contribution in [0.15, 0.2) is 48.1 Å². The van der Waals surface area contributed by atoms with Gasteiger partial charge in [0.05, 0.1) is 17.6 Å². The van der Waals surface area contributed by atoms with Gasteiger partial charge in [0.15, 0.2) is 0 Å². The molecule has 1 aliphatic heterocycles. The molecule has 1 fully saturated rings. The monoisotopic (exact) mass is 410 g/mol. The first-order valence-corrected chi connectivity index (χ1v) is 9.73. The van der Waals surface area contributed by atoms with Gasteiger partial charge in [-0.05, 0) is 48.8 Å². The first-order valence-electron chi connectivity index (χ1n) is 9.73. The molecule has 0 amide bonds. The molecule has 158 valence electrons. The van der Waals surface area contributed by atoms with Crippen LogP contribution in [0.4, 0.5) is 13.2 Å². The maximum atomic E-state index is 12.8. The average molecular weight is 410 g/mol. The average Bonchev–Trinajstić information content (AvgIpc) is 3.24. The minimum Gasteiger partial charge on any atom is -0.337 e. The Labute approximate surface area is 167 Å². The van der Waals surface area contributed by atoms with E-state index < -0.39 is 11.7 Å². The van der Waals surface area contributed by atoms with Gasteiger partial charge in [0, 0.05) is 31.9 Å². The van der Waals surface area contributed by atoms with Crippen molar-refractivity contribution >= 4 is 5.71 Å². The Morgan fingerprint density at radius 3 is 2.48 bits per heavy atom. The molecule has 2 heterocycles. The summed E-state index contributed by atoms with van der Waals surface area (Å²) >= 11 is 0. The van der Waals surface area contributed by atoms with Crippen LogP contribution in [0.1, 0.15) is 36.8 Å². The van der Waals surface area contributed by atoms with Crippen LogP contribution >= 0.6 is 0 Å². The van der Waals surface area contributed by atoms with Gasteiger partial charge >= 0.3 is 6.18 Å². The van der Waals surface area contributed by atoms with Crippen LogP contribution in [0.5, 0.6) is 0 Å². The first kappa shape index (κ1) is 21.3. The lowest BCUT2D eigenvalue weighted by Gasteiger charge is -2.25. The van der Waals surface area contributed by atoms with E-state index in [0.29, 0.717) is 30.8 Å². The van der Waals surface area contributed by atoms with Gasteiger partial charge in [-0.1, -0.05) is 18.6 Å². The highest BCUT2D eigenvalue weighted by molar-refractivity contribution is 6.00. The third kappa shape index (κ3) is 6.86. The number of nitrogens with zero attached hydrogens (tertiary/aromatic N) is 4. The summed E-state index contributed by atoms with van der Waals surface area (Å²) in [6, 6.07) is 4.87. The normalized spacial score (nSPS) is 16.2. The summed E-state index contributed by atoms with van der Waals surface area (Å²) in [5.74, 6) is 0. The second-order valence-electron chi connectivity index (χ2n) is 6.96. The molecule has 6 nitrogen and oxygen atoms in total. The number of aryl methyl sites for hydroxylation is 1. The number of benzene rings is 1. The number of oxime groups is 1. The van der Waals surface area contributed by atoms with Gasteiger partial charge in [-0.25, -0.2) is 9.97 Å². The molecule has 0 unspecified atom stereocenters. The van der Waals surface area contributed by atoms with Gasteiger partial charge in [-0.2, -0.15) is 18.1 Å². The Morgan fingerprint density at radius 1 is 1.07 bits per heavy atom. The maximum Gasteiger partial charge on any atom is 0.416 e. The molecule has 1 aliphatic rings. The van der Waals surface area contributed by atoms with Crippen LogP contribution in [-0.4, -0.2) is 46.4 Å². The van der Waals surface area contributed by atoms with E-state index in [0.717, 1.165) is 31.8 Å². The maximum absolute atomic E-state index is 12.8. The highest BCUT2D eigenvalue weighted by Gasteiger charge is 2.30. The van der Waals surface area contributed by atoms with Crippen molar-refractivity contribution in [3.63, 3.8) is 0 Å². The number of hydrogen-bond donors (Lipinski definition) is 0. The molecule has 0 aliphatic carbocycles. The molecule has 1 saturated heterocycles. The number of aromatic nitrogens is 2. The first-order chi connectivity index (χ1) is 14.0. The van der Waals surface area contributed by atoms with Crippen LogP contribution < -0.4 is 0 Å². The van der Waals surface area contributed by atoms with Crippen molar-refractivity contribution in [2.24, 2.45) is 5.16 Å². The molecule has 29 heavy (non-hydrogen) atoms. The Kier molecular flexibility index (Phi) is 7.65. The zero-order chi connectivity index (χ0) is 20.5. The molecular weight excluding hydrogens is 385 g/mol. The fourth-order valence-corrected chi connectivity index (χ4v) is 3.21. The zero-order valence-corrected chi connectivity index (χ0v) is 16.1. The number of likely N-dealkylation sites (tertiary alicyclic amines) is 1. The quantitative estimate of drug-likeness (QED) is 0.270. The van der Waals surface area contributed by atoms with Crippen molar-refractivity contribution in [1.29, 1.82) is 0 Å². The summed E-state index contributed by atoms with van der Waals surface area (Å²) in [5, 5.41) is 4.03. The van der Waals surface area contributed by atoms with Crippen LogP contribution in [0.2, 0.25) is 0 Å². The lowest BCUT2D eigenvalue weighted by Crippen LogP contribution is -2.32. The number of hydrogen-bond acceptors (Lipinski definition) is 5. The smallest absolute Gasteiger partial charge is 0.337 e. The van der Waals surface area contributed by atoms with Crippen molar-refractivity contribution in [2.45, 2.75) is 38.4 Å². The van der Waals surface area contributed by atoms with E-state index in [2.05, 4.69) is 15.0 Å². The van der Waals surface area contributed by atoms with E-state index in [1.807, 2.05) is 4.57 Å². The van der Waals surface area contributed by atoms with Gasteiger partial charge < -0.3 is 9.47 Å². The molecule has 0 spiro atoms. The summed E-state index contributed by atoms with van der Waals surface area (Å²) in [5.41, 5.74) is 0.358. The molecule has 3 rings (SSSR count). The molecule has 0 N–H and O–H groups in total. The number of halogens is 3. The van der Waals surface area contributed by atoms with E-state index in [9.17, 15) is 13.2 Å². The van der Waals surface area contributed by atoms with E-state index in [4.69, 9.17) is 9.88 Å². The van der Waals surface area contributed by atoms with E-state index in [1.54, 1.807) is 18.7 Å². The van der Waals surface area contributed by atoms with Gasteiger partial charge in [-0.3, -0.25) is 0 Å². The second-order valence-corrected chi connectivity index (χ2v) is 6.96. The van der Waals surface area contributed by atoms with Gasteiger partial charge in [0.25, 0.3) is 0 Å². The van der Waals surface area contributed by atoms with Crippen LogP contribution in [0, 0.1) is 0 Å². The second kappa shape index (κ2) is 10.4. The Hall–Kier alpha value is -2.39. The molecule has 2 aromatic rings. The molecule has 0 atom stereocenters. The SMILES string of the molecule is FC(F)(F)c1ccc(C(CCn2ccnc2)=NOOCCN2CCCCC2)cc1. The fraction of sp³-hybridized carbons (Fsp3) is 0.500. The summed E-state index contributed by atoms with van der Waals surface area (Å²) < 4.78 is 40.3. The van der Waals surface area contributed by atoms with E-state index in [-0.39, 0.29) is 0 Å². The largest absolute Gasteiger partial charge is 0.416 e. The molecule has 0 radical (unpaired) electrons. The van der Waals surface area contributed by atoms with Crippen LogP contribution in [0.3, 0.4) is 0 Å². The third-order valence-corrected chi connectivity index (χ3v) is 4.85. The summed E-state index contributed by atoms with van der Waals surface area (Å²) in [6.45, 7) is 3.84. The third-order valence-electron chi connectivity index (χ3n) is 4.85. The number of imidazole rings is 1. The standard InChI is InChI=1S/C20H25F3N4O2/c21-20(22,23)18-6-4-17(5-7-18)19(8-12-27-13-9-24-16-27)25-29-28-15-14-26-10-2-1-3-11-26/h4-7,9,13,16H,1-3,8,10-12,14-15H2. The molecule has 1 aromatic heterocycles.